The summed E-state index contributed by atoms with van der Waals surface area (Å²) in [6.45, 7) is 10.0. The number of benzene rings is 1. The van der Waals surface area contributed by atoms with Crippen molar-refractivity contribution in [1.29, 1.82) is 0 Å². The summed E-state index contributed by atoms with van der Waals surface area (Å²) in [6.07, 6.45) is 1.13. The van der Waals surface area contributed by atoms with Crippen molar-refractivity contribution >= 4 is 0 Å². The van der Waals surface area contributed by atoms with E-state index in [2.05, 4.69) is 49.9 Å². The molecule has 1 aromatic rings. The van der Waals surface area contributed by atoms with Crippen molar-refractivity contribution in [1.82, 2.24) is 4.90 Å². The molecule has 1 fully saturated rings. The zero-order chi connectivity index (χ0) is 12.8. The predicted octanol–water partition coefficient (Wildman–Crippen LogP) is 3.16. The lowest BCUT2D eigenvalue weighted by atomic mass is 9.76. The van der Waals surface area contributed by atoms with Crippen LogP contribution in [-0.4, -0.2) is 24.0 Å². The molecular weight excluding hydrogens is 222 g/mol. The molecule has 1 saturated heterocycles. The third kappa shape index (κ3) is 1.70. The molecule has 1 unspecified atom stereocenters. The molecule has 2 atom stereocenters. The van der Waals surface area contributed by atoms with Crippen LogP contribution >= 0.6 is 0 Å². The number of rotatable bonds is 1. The Kier molecular flexibility index (Phi) is 2.95. The van der Waals surface area contributed by atoms with Crippen LogP contribution in [0, 0.1) is 5.92 Å². The molecule has 2 heteroatoms. The van der Waals surface area contributed by atoms with Crippen molar-refractivity contribution in [3.05, 3.63) is 35.4 Å². The standard InChI is InChI=1S/C16H23NO/c1-12(2)17-9-8-16(13(3)10-17)15-7-5-4-6-14(15)11-18-16/h4-7,12-13H,8-11H2,1-3H3/t13-,16?/m1/s1. The van der Waals surface area contributed by atoms with Crippen molar-refractivity contribution < 1.29 is 4.74 Å². The number of hydrogen-bond acceptors (Lipinski definition) is 2. The van der Waals surface area contributed by atoms with Crippen LogP contribution in [0.5, 0.6) is 0 Å². The predicted molar refractivity (Wildman–Crippen MR) is 73.4 cm³/mol. The van der Waals surface area contributed by atoms with Crippen molar-refractivity contribution in [2.45, 2.75) is 45.4 Å². The lowest BCUT2D eigenvalue weighted by molar-refractivity contribution is -0.118. The average Bonchev–Trinajstić information content (AvgIpc) is 2.73. The average molecular weight is 245 g/mol. The molecule has 2 nitrogen and oxygen atoms in total. The zero-order valence-corrected chi connectivity index (χ0v) is 11.6. The van der Waals surface area contributed by atoms with Crippen molar-refractivity contribution in [3.8, 4) is 0 Å². The van der Waals surface area contributed by atoms with Gasteiger partial charge in [0.05, 0.1) is 12.2 Å². The first-order chi connectivity index (χ1) is 8.63. The second-order valence-electron chi connectivity index (χ2n) is 6.08. The van der Waals surface area contributed by atoms with Gasteiger partial charge in [-0.2, -0.15) is 0 Å². The Balaban J connectivity index is 1.90. The lowest BCUT2D eigenvalue weighted by Crippen LogP contribution is -2.50. The van der Waals surface area contributed by atoms with E-state index < -0.39 is 0 Å². The maximum absolute atomic E-state index is 6.27. The van der Waals surface area contributed by atoms with E-state index in [1.54, 1.807) is 0 Å². The maximum atomic E-state index is 6.27. The third-order valence-corrected chi connectivity index (χ3v) is 4.76. The number of hydrogen-bond donors (Lipinski definition) is 0. The fourth-order valence-electron chi connectivity index (χ4n) is 3.57. The third-order valence-electron chi connectivity index (χ3n) is 4.76. The SMILES string of the molecule is CC(C)N1CCC2(OCc3ccccc32)[C@H](C)C1. The van der Waals surface area contributed by atoms with E-state index in [0.717, 1.165) is 26.1 Å². The van der Waals surface area contributed by atoms with Gasteiger partial charge in [0.1, 0.15) is 0 Å². The molecule has 98 valence electrons. The summed E-state index contributed by atoms with van der Waals surface area (Å²) in [7, 11) is 0. The van der Waals surface area contributed by atoms with Crippen molar-refractivity contribution in [3.63, 3.8) is 0 Å². The van der Waals surface area contributed by atoms with Crippen molar-refractivity contribution in [2.75, 3.05) is 13.1 Å². The fourth-order valence-corrected chi connectivity index (χ4v) is 3.57. The smallest absolute Gasteiger partial charge is 0.0989 e. The molecule has 3 rings (SSSR count). The van der Waals surface area contributed by atoms with Crippen LogP contribution in [0.4, 0.5) is 0 Å². The summed E-state index contributed by atoms with van der Waals surface area (Å²) < 4.78 is 6.27. The molecule has 0 aliphatic carbocycles. The molecule has 1 spiro atoms. The molecule has 2 heterocycles. The minimum absolute atomic E-state index is 0.0119. The van der Waals surface area contributed by atoms with Gasteiger partial charge in [0.15, 0.2) is 0 Å². The van der Waals surface area contributed by atoms with E-state index in [1.807, 2.05) is 0 Å². The molecular formula is C16H23NO. The monoisotopic (exact) mass is 245 g/mol. The molecule has 0 saturated carbocycles. The van der Waals surface area contributed by atoms with Crippen LogP contribution < -0.4 is 0 Å². The van der Waals surface area contributed by atoms with Gasteiger partial charge in [0.2, 0.25) is 0 Å². The van der Waals surface area contributed by atoms with Crippen LogP contribution in [0.1, 0.15) is 38.3 Å². The maximum Gasteiger partial charge on any atom is 0.0989 e. The quantitative estimate of drug-likeness (QED) is 0.753. The van der Waals surface area contributed by atoms with Crippen LogP contribution in [0.2, 0.25) is 0 Å². The number of fused-ring (bicyclic) bond motifs is 2. The molecule has 0 radical (unpaired) electrons. The zero-order valence-electron chi connectivity index (χ0n) is 11.6. The molecule has 0 bridgehead atoms. The first kappa shape index (κ1) is 12.2. The van der Waals surface area contributed by atoms with Crippen LogP contribution in [0.25, 0.3) is 0 Å². The van der Waals surface area contributed by atoms with E-state index in [0.29, 0.717) is 12.0 Å². The van der Waals surface area contributed by atoms with E-state index in [-0.39, 0.29) is 5.60 Å². The van der Waals surface area contributed by atoms with Gasteiger partial charge in [-0.05, 0) is 31.4 Å². The summed E-state index contributed by atoms with van der Waals surface area (Å²) in [5, 5.41) is 0. The molecule has 2 aliphatic rings. The van der Waals surface area contributed by atoms with Gasteiger partial charge < -0.3 is 9.64 Å². The van der Waals surface area contributed by atoms with Crippen LogP contribution in [-0.2, 0) is 16.9 Å². The molecule has 18 heavy (non-hydrogen) atoms. The second kappa shape index (κ2) is 4.36. The summed E-state index contributed by atoms with van der Waals surface area (Å²) >= 11 is 0. The summed E-state index contributed by atoms with van der Waals surface area (Å²) in [4.78, 5) is 2.57. The minimum Gasteiger partial charge on any atom is -0.365 e. The van der Waals surface area contributed by atoms with Crippen molar-refractivity contribution in [2.24, 2.45) is 5.92 Å². The molecule has 0 amide bonds. The molecule has 0 aromatic heterocycles. The van der Waals surface area contributed by atoms with E-state index in [9.17, 15) is 0 Å². The van der Waals surface area contributed by atoms with Gasteiger partial charge in [-0.1, -0.05) is 31.2 Å². The summed E-state index contributed by atoms with van der Waals surface area (Å²) in [5.74, 6) is 0.567. The largest absolute Gasteiger partial charge is 0.365 e. The number of nitrogens with zero attached hydrogens (tertiary/aromatic N) is 1. The summed E-state index contributed by atoms with van der Waals surface area (Å²) in [5.41, 5.74) is 2.82. The summed E-state index contributed by atoms with van der Waals surface area (Å²) in [6, 6.07) is 9.39. The normalized spacial score (nSPS) is 32.1. The minimum atomic E-state index is -0.0119. The van der Waals surface area contributed by atoms with E-state index in [4.69, 9.17) is 4.74 Å². The Bertz CT molecular complexity index is 442. The van der Waals surface area contributed by atoms with Crippen LogP contribution in [0.15, 0.2) is 24.3 Å². The Labute approximate surface area is 110 Å². The van der Waals surface area contributed by atoms with Gasteiger partial charge in [0, 0.05) is 25.0 Å². The second-order valence-corrected chi connectivity index (χ2v) is 6.08. The highest BCUT2D eigenvalue weighted by Crippen LogP contribution is 2.47. The van der Waals surface area contributed by atoms with Crippen LogP contribution in [0.3, 0.4) is 0 Å². The Morgan fingerprint density at radius 3 is 2.83 bits per heavy atom. The highest BCUT2D eigenvalue weighted by molar-refractivity contribution is 5.36. The van der Waals surface area contributed by atoms with Gasteiger partial charge >= 0.3 is 0 Å². The first-order valence-corrected chi connectivity index (χ1v) is 7.10. The lowest BCUT2D eigenvalue weighted by Gasteiger charge is -2.45. The fraction of sp³-hybridized carbons (Fsp3) is 0.625. The number of likely N-dealkylation sites (tertiary alicyclic amines) is 1. The van der Waals surface area contributed by atoms with Gasteiger partial charge in [-0.25, -0.2) is 0 Å². The van der Waals surface area contributed by atoms with E-state index in [1.165, 1.54) is 11.1 Å². The number of ether oxygens (including phenoxy) is 1. The Hall–Kier alpha value is -0.860. The Morgan fingerprint density at radius 2 is 2.11 bits per heavy atom. The molecule has 2 aliphatic heterocycles. The highest BCUT2D eigenvalue weighted by Gasteiger charge is 2.47. The topological polar surface area (TPSA) is 12.5 Å². The number of piperidine rings is 1. The van der Waals surface area contributed by atoms with Gasteiger partial charge in [-0.3, -0.25) is 0 Å². The first-order valence-electron chi connectivity index (χ1n) is 7.10. The van der Waals surface area contributed by atoms with E-state index >= 15 is 0 Å². The highest BCUT2D eigenvalue weighted by atomic mass is 16.5. The van der Waals surface area contributed by atoms with Gasteiger partial charge in [0.25, 0.3) is 0 Å². The molecule has 1 aromatic carbocycles. The van der Waals surface area contributed by atoms with Gasteiger partial charge in [-0.15, -0.1) is 0 Å². The molecule has 0 N–H and O–H groups in total. The Morgan fingerprint density at radius 1 is 1.33 bits per heavy atom.